The molecule has 23 heavy (non-hydrogen) atoms. The number of hydrogen-bond donors (Lipinski definition) is 1. The first-order valence-electron chi connectivity index (χ1n) is 7.47. The highest BCUT2D eigenvalue weighted by Gasteiger charge is 2.10. The second-order valence-corrected chi connectivity index (χ2v) is 4.93. The quantitative estimate of drug-likeness (QED) is 0.853. The third kappa shape index (κ3) is 4.71. The summed E-state index contributed by atoms with van der Waals surface area (Å²) >= 11 is 0. The molecule has 1 N–H and O–H groups in total. The van der Waals surface area contributed by atoms with E-state index in [1.165, 1.54) is 19.2 Å². The zero-order valence-corrected chi connectivity index (χ0v) is 13.3. The second kappa shape index (κ2) is 8.17. The minimum Gasteiger partial charge on any atom is -0.493 e. The lowest BCUT2D eigenvalue weighted by molar-refractivity contribution is 0.0953. The fourth-order valence-electron chi connectivity index (χ4n) is 2.20. The van der Waals surface area contributed by atoms with Crippen molar-refractivity contribution >= 4 is 5.91 Å². The van der Waals surface area contributed by atoms with Crippen LogP contribution < -0.4 is 14.8 Å². The zero-order chi connectivity index (χ0) is 16.7. The van der Waals surface area contributed by atoms with E-state index in [4.69, 9.17) is 9.47 Å². The number of rotatable bonds is 7. The molecule has 122 valence electrons. The van der Waals surface area contributed by atoms with Gasteiger partial charge in [-0.05, 0) is 49.2 Å². The van der Waals surface area contributed by atoms with Gasteiger partial charge in [-0.15, -0.1) is 0 Å². The Morgan fingerprint density at radius 2 is 2.00 bits per heavy atom. The Morgan fingerprint density at radius 1 is 1.17 bits per heavy atom. The monoisotopic (exact) mass is 317 g/mol. The van der Waals surface area contributed by atoms with Crippen molar-refractivity contribution in [3.05, 3.63) is 59.4 Å². The summed E-state index contributed by atoms with van der Waals surface area (Å²) in [4.78, 5) is 12.2. The van der Waals surface area contributed by atoms with Crippen LogP contribution in [-0.2, 0) is 6.42 Å². The number of methoxy groups -OCH3 is 1. The molecule has 0 atom stereocenters. The second-order valence-electron chi connectivity index (χ2n) is 4.93. The summed E-state index contributed by atoms with van der Waals surface area (Å²) < 4.78 is 23.7. The molecule has 0 spiro atoms. The smallest absolute Gasteiger partial charge is 0.251 e. The Hall–Kier alpha value is -2.56. The van der Waals surface area contributed by atoms with Gasteiger partial charge in [-0.25, -0.2) is 4.39 Å². The molecule has 5 heteroatoms. The van der Waals surface area contributed by atoms with E-state index in [9.17, 15) is 9.18 Å². The molecule has 0 aromatic heterocycles. The van der Waals surface area contributed by atoms with E-state index < -0.39 is 0 Å². The van der Waals surface area contributed by atoms with E-state index in [0.29, 0.717) is 36.6 Å². The van der Waals surface area contributed by atoms with Crippen molar-refractivity contribution in [3.63, 3.8) is 0 Å². The Bertz CT molecular complexity index is 673. The van der Waals surface area contributed by atoms with Crippen molar-refractivity contribution in [2.75, 3.05) is 20.3 Å². The topological polar surface area (TPSA) is 47.6 Å². The maximum absolute atomic E-state index is 13.1. The van der Waals surface area contributed by atoms with Crippen molar-refractivity contribution in [3.8, 4) is 11.5 Å². The van der Waals surface area contributed by atoms with Gasteiger partial charge in [-0.2, -0.15) is 0 Å². The molecule has 0 aliphatic heterocycles. The van der Waals surface area contributed by atoms with Gasteiger partial charge in [0.25, 0.3) is 5.91 Å². The number of carbonyl (C=O) groups excluding carboxylic acids is 1. The lowest BCUT2D eigenvalue weighted by Crippen LogP contribution is -2.25. The molecule has 0 radical (unpaired) electrons. The van der Waals surface area contributed by atoms with Crippen LogP contribution in [0.3, 0.4) is 0 Å². The molecule has 0 saturated heterocycles. The summed E-state index contributed by atoms with van der Waals surface area (Å²) in [6.07, 6.45) is 0.567. The van der Waals surface area contributed by atoms with Crippen LogP contribution in [0.1, 0.15) is 22.8 Å². The minimum absolute atomic E-state index is 0.206. The standard InChI is InChI=1S/C18H20FNO3/c1-3-23-16-8-7-14(12-17(16)22-2)18(21)20-10-9-13-5-4-6-15(19)11-13/h4-8,11-12H,3,9-10H2,1-2H3,(H,20,21). The highest BCUT2D eigenvalue weighted by molar-refractivity contribution is 5.94. The van der Waals surface area contributed by atoms with E-state index in [0.717, 1.165) is 5.56 Å². The number of nitrogens with one attached hydrogen (secondary N) is 1. The van der Waals surface area contributed by atoms with E-state index in [1.54, 1.807) is 24.3 Å². The number of carbonyl (C=O) groups is 1. The van der Waals surface area contributed by atoms with E-state index in [1.807, 2.05) is 13.0 Å². The van der Waals surface area contributed by atoms with Crippen LogP contribution in [-0.4, -0.2) is 26.2 Å². The van der Waals surface area contributed by atoms with Crippen molar-refractivity contribution in [2.24, 2.45) is 0 Å². The average molecular weight is 317 g/mol. The Morgan fingerprint density at radius 3 is 2.70 bits per heavy atom. The summed E-state index contributed by atoms with van der Waals surface area (Å²) in [6, 6.07) is 11.4. The molecule has 0 aliphatic rings. The lowest BCUT2D eigenvalue weighted by Gasteiger charge is -2.11. The number of halogens is 1. The van der Waals surface area contributed by atoms with Gasteiger partial charge in [-0.3, -0.25) is 4.79 Å². The highest BCUT2D eigenvalue weighted by atomic mass is 19.1. The molecule has 4 nitrogen and oxygen atoms in total. The van der Waals surface area contributed by atoms with Crippen LogP contribution in [0.25, 0.3) is 0 Å². The maximum atomic E-state index is 13.1. The third-order valence-corrected chi connectivity index (χ3v) is 3.31. The van der Waals surface area contributed by atoms with Gasteiger partial charge >= 0.3 is 0 Å². The fourth-order valence-corrected chi connectivity index (χ4v) is 2.20. The number of ether oxygens (including phenoxy) is 2. The van der Waals surface area contributed by atoms with Crippen molar-refractivity contribution < 1.29 is 18.7 Å². The molecule has 0 heterocycles. The molecular formula is C18H20FNO3. The number of hydrogen-bond acceptors (Lipinski definition) is 3. The third-order valence-electron chi connectivity index (χ3n) is 3.31. The number of amides is 1. The Kier molecular flexibility index (Phi) is 5.97. The summed E-state index contributed by atoms with van der Waals surface area (Å²) in [5.41, 5.74) is 1.33. The van der Waals surface area contributed by atoms with Crippen molar-refractivity contribution in [2.45, 2.75) is 13.3 Å². The van der Waals surface area contributed by atoms with Crippen LogP contribution in [0, 0.1) is 5.82 Å². The zero-order valence-electron chi connectivity index (χ0n) is 13.3. The first-order valence-corrected chi connectivity index (χ1v) is 7.47. The van der Waals surface area contributed by atoms with E-state index >= 15 is 0 Å². The Labute approximate surface area is 135 Å². The predicted molar refractivity (Wildman–Crippen MR) is 86.6 cm³/mol. The minimum atomic E-state index is -0.273. The van der Waals surface area contributed by atoms with Gasteiger partial charge in [0.05, 0.1) is 13.7 Å². The largest absolute Gasteiger partial charge is 0.493 e. The average Bonchev–Trinajstić information content (AvgIpc) is 2.55. The van der Waals surface area contributed by atoms with Crippen molar-refractivity contribution in [1.29, 1.82) is 0 Å². The first-order chi connectivity index (χ1) is 11.1. The molecule has 2 aromatic carbocycles. The summed E-state index contributed by atoms with van der Waals surface area (Å²) in [5, 5.41) is 2.81. The Balaban J connectivity index is 1.95. The molecular weight excluding hydrogens is 297 g/mol. The highest BCUT2D eigenvalue weighted by Crippen LogP contribution is 2.27. The molecule has 0 bridgehead atoms. The van der Waals surface area contributed by atoms with E-state index in [2.05, 4.69) is 5.32 Å². The summed E-state index contributed by atoms with van der Waals surface area (Å²) in [5.74, 6) is 0.642. The van der Waals surface area contributed by atoms with Crippen LogP contribution >= 0.6 is 0 Å². The molecule has 0 fully saturated rings. The molecule has 0 unspecified atom stereocenters. The van der Waals surface area contributed by atoms with Crippen LogP contribution in [0.4, 0.5) is 4.39 Å². The summed E-state index contributed by atoms with van der Waals surface area (Å²) in [6.45, 7) is 2.83. The lowest BCUT2D eigenvalue weighted by atomic mass is 10.1. The van der Waals surface area contributed by atoms with Crippen LogP contribution in [0.2, 0.25) is 0 Å². The first kappa shape index (κ1) is 16.8. The van der Waals surface area contributed by atoms with Gasteiger partial charge in [-0.1, -0.05) is 12.1 Å². The molecule has 1 amide bonds. The predicted octanol–water partition coefficient (Wildman–Crippen LogP) is 3.21. The maximum Gasteiger partial charge on any atom is 0.251 e. The van der Waals surface area contributed by atoms with Crippen molar-refractivity contribution in [1.82, 2.24) is 5.32 Å². The van der Waals surface area contributed by atoms with Gasteiger partial charge in [0, 0.05) is 12.1 Å². The van der Waals surface area contributed by atoms with Crippen LogP contribution in [0.15, 0.2) is 42.5 Å². The molecule has 2 rings (SSSR count). The fraction of sp³-hybridized carbons (Fsp3) is 0.278. The van der Waals surface area contributed by atoms with Gasteiger partial charge in [0.15, 0.2) is 11.5 Å². The van der Waals surface area contributed by atoms with Gasteiger partial charge < -0.3 is 14.8 Å². The molecule has 0 saturated carbocycles. The van der Waals surface area contributed by atoms with E-state index in [-0.39, 0.29) is 11.7 Å². The van der Waals surface area contributed by atoms with Crippen LogP contribution in [0.5, 0.6) is 11.5 Å². The van der Waals surface area contributed by atoms with Gasteiger partial charge in [0.1, 0.15) is 5.82 Å². The normalized spacial score (nSPS) is 10.2. The molecule has 0 aliphatic carbocycles. The number of benzene rings is 2. The summed E-state index contributed by atoms with van der Waals surface area (Å²) in [7, 11) is 1.53. The SMILES string of the molecule is CCOc1ccc(C(=O)NCCc2cccc(F)c2)cc1OC. The van der Waals surface area contributed by atoms with Gasteiger partial charge in [0.2, 0.25) is 0 Å². The molecule has 2 aromatic rings.